The molecular weight excluding hydrogens is 364 g/mol. The average molecular weight is 395 g/mol. The Balaban J connectivity index is 1.63. The van der Waals surface area contributed by atoms with Crippen LogP contribution in [0.2, 0.25) is 0 Å². The van der Waals surface area contributed by atoms with Gasteiger partial charge in [0.2, 0.25) is 0 Å². The Labute approximate surface area is 172 Å². The summed E-state index contributed by atoms with van der Waals surface area (Å²) >= 11 is 0. The Kier molecular flexibility index (Phi) is 6.86. The third-order valence-corrected chi connectivity index (χ3v) is 5.54. The number of rotatable bonds is 6. The van der Waals surface area contributed by atoms with Gasteiger partial charge in [0.15, 0.2) is 0 Å². The van der Waals surface area contributed by atoms with E-state index in [9.17, 15) is 9.59 Å². The highest BCUT2D eigenvalue weighted by atomic mass is 16.2. The van der Waals surface area contributed by atoms with Crippen LogP contribution in [0.1, 0.15) is 51.7 Å². The van der Waals surface area contributed by atoms with Crippen molar-refractivity contribution >= 4 is 17.5 Å². The Morgan fingerprint density at radius 2 is 1.86 bits per heavy atom. The van der Waals surface area contributed by atoms with E-state index in [1.165, 1.54) is 23.0 Å². The highest BCUT2D eigenvalue weighted by Crippen LogP contribution is 2.24. The molecule has 1 fully saturated rings. The molecule has 1 N–H and O–H groups in total. The number of carbonyl (C=O) groups excluding carboxylic acids is 2. The standard InChI is InChI=1S/C23H30N4O2/c1-4-5-10-25-22(28)19-9-11-24-20(16-19)23(29)27-14-12-26(13-15-27)21-8-6-7-17(2)18(21)3/h6-9,11,16H,4-5,10,12-15H2,1-3H3,(H,25,28). The van der Waals surface area contributed by atoms with Gasteiger partial charge in [-0.15, -0.1) is 0 Å². The fraction of sp³-hybridized carbons (Fsp3) is 0.435. The second-order valence-corrected chi connectivity index (χ2v) is 7.54. The molecule has 1 aromatic heterocycles. The topological polar surface area (TPSA) is 65.5 Å². The first-order valence-corrected chi connectivity index (χ1v) is 10.4. The van der Waals surface area contributed by atoms with Crippen molar-refractivity contribution in [2.75, 3.05) is 37.6 Å². The van der Waals surface area contributed by atoms with Crippen molar-refractivity contribution in [2.24, 2.45) is 0 Å². The zero-order valence-corrected chi connectivity index (χ0v) is 17.6. The van der Waals surface area contributed by atoms with Crippen molar-refractivity contribution in [3.8, 4) is 0 Å². The maximum Gasteiger partial charge on any atom is 0.272 e. The van der Waals surface area contributed by atoms with Gasteiger partial charge in [-0.3, -0.25) is 14.6 Å². The van der Waals surface area contributed by atoms with Crippen LogP contribution in [0.4, 0.5) is 5.69 Å². The average Bonchev–Trinajstić information content (AvgIpc) is 2.75. The fourth-order valence-corrected chi connectivity index (χ4v) is 3.56. The molecule has 3 rings (SSSR count). The summed E-state index contributed by atoms with van der Waals surface area (Å²) in [7, 11) is 0. The van der Waals surface area contributed by atoms with Crippen molar-refractivity contribution < 1.29 is 9.59 Å². The van der Waals surface area contributed by atoms with Crippen LogP contribution in [0.15, 0.2) is 36.5 Å². The second-order valence-electron chi connectivity index (χ2n) is 7.54. The Hall–Kier alpha value is -2.89. The maximum absolute atomic E-state index is 12.9. The molecule has 2 aromatic rings. The normalized spacial score (nSPS) is 14.0. The third kappa shape index (κ3) is 4.94. The molecule has 2 amide bonds. The predicted molar refractivity (Wildman–Crippen MR) is 116 cm³/mol. The van der Waals surface area contributed by atoms with Crippen LogP contribution >= 0.6 is 0 Å². The van der Waals surface area contributed by atoms with Gasteiger partial charge in [0.1, 0.15) is 5.69 Å². The molecule has 0 spiro atoms. The Bertz CT molecular complexity index is 873. The van der Waals surface area contributed by atoms with E-state index >= 15 is 0 Å². The lowest BCUT2D eigenvalue weighted by atomic mass is 10.1. The number of carbonyl (C=O) groups is 2. The minimum absolute atomic E-state index is 0.117. The molecule has 1 saturated heterocycles. The van der Waals surface area contributed by atoms with E-state index in [4.69, 9.17) is 0 Å². The molecule has 0 radical (unpaired) electrons. The van der Waals surface area contributed by atoms with Crippen LogP contribution in [-0.4, -0.2) is 54.4 Å². The molecule has 1 aliphatic heterocycles. The molecule has 1 aliphatic rings. The zero-order valence-electron chi connectivity index (χ0n) is 17.6. The summed E-state index contributed by atoms with van der Waals surface area (Å²) in [6.07, 6.45) is 3.50. The zero-order chi connectivity index (χ0) is 20.8. The molecule has 0 saturated carbocycles. The maximum atomic E-state index is 12.9. The van der Waals surface area contributed by atoms with Crippen molar-refractivity contribution in [1.29, 1.82) is 0 Å². The van der Waals surface area contributed by atoms with Crippen molar-refractivity contribution in [2.45, 2.75) is 33.6 Å². The summed E-state index contributed by atoms with van der Waals surface area (Å²) in [5.74, 6) is -0.275. The molecule has 0 aliphatic carbocycles. The van der Waals surface area contributed by atoms with Gasteiger partial charge in [0.25, 0.3) is 11.8 Å². The summed E-state index contributed by atoms with van der Waals surface area (Å²) in [5, 5.41) is 2.88. The van der Waals surface area contributed by atoms with Crippen molar-refractivity contribution in [1.82, 2.24) is 15.2 Å². The van der Waals surface area contributed by atoms with Crippen LogP contribution in [0.3, 0.4) is 0 Å². The van der Waals surface area contributed by atoms with Crippen LogP contribution in [0, 0.1) is 13.8 Å². The number of nitrogens with zero attached hydrogens (tertiary/aromatic N) is 3. The van der Waals surface area contributed by atoms with Crippen LogP contribution in [-0.2, 0) is 0 Å². The lowest BCUT2D eigenvalue weighted by Gasteiger charge is -2.37. The molecule has 1 aromatic carbocycles. The molecule has 29 heavy (non-hydrogen) atoms. The summed E-state index contributed by atoms with van der Waals surface area (Å²) in [6.45, 7) is 9.83. The summed E-state index contributed by atoms with van der Waals surface area (Å²) in [6, 6.07) is 9.59. The van der Waals surface area contributed by atoms with E-state index in [1.54, 1.807) is 12.1 Å². The summed E-state index contributed by atoms with van der Waals surface area (Å²) in [5.41, 5.74) is 4.61. The number of hydrogen-bond acceptors (Lipinski definition) is 4. The molecule has 6 nitrogen and oxygen atoms in total. The van der Waals surface area contributed by atoms with Gasteiger partial charge in [-0.1, -0.05) is 25.5 Å². The monoisotopic (exact) mass is 394 g/mol. The quantitative estimate of drug-likeness (QED) is 0.764. The lowest BCUT2D eigenvalue weighted by Crippen LogP contribution is -2.49. The SMILES string of the molecule is CCCCNC(=O)c1ccnc(C(=O)N2CCN(c3cccc(C)c3C)CC2)c1. The van der Waals surface area contributed by atoms with Gasteiger partial charge in [-0.25, -0.2) is 0 Å². The first-order valence-electron chi connectivity index (χ1n) is 10.4. The molecule has 0 unspecified atom stereocenters. The first-order chi connectivity index (χ1) is 14.0. The van der Waals surface area contributed by atoms with Crippen LogP contribution in [0.5, 0.6) is 0 Å². The Morgan fingerprint density at radius 3 is 2.59 bits per heavy atom. The second kappa shape index (κ2) is 9.54. The molecule has 0 bridgehead atoms. The van der Waals surface area contributed by atoms with E-state index in [2.05, 4.69) is 54.2 Å². The number of amides is 2. The minimum atomic E-state index is -0.158. The largest absolute Gasteiger partial charge is 0.368 e. The number of pyridine rings is 1. The fourth-order valence-electron chi connectivity index (χ4n) is 3.56. The molecule has 154 valence electrons. The molecular formula is C23H30N4O2. The number of aromatic nitrogens is 1. The van der Waals surface area contributed by atoms with E-state index in [0.717, 1.165) is 25.9 Å². The molecule has 6 heteroatoms. The lowest BCUT2D eigenvalue weighted by molar-refractivity contribution is 0.0741. The highest BCUT2D eigenvalue weighted by Gasteiger charge is 2.24. The van der Waals surface area contributed by atoms with Gasteiger partial charge >= 0.3 is 0 Å². The van der Waals surface area contributed by atoms with Gasteiger partial charge in [0, 0.05) is 50.2 Å². The van der Waals surface area contributed by atoms with Crippen molar-refractivity contribution in [3.05, 3.63) is 58.9 Å². The van der Waals surface area contributed by atoms with E-state index in [0.29, 0.717) is 30.9 Å². The van der Waals surface area contributed by atoms with Gasteiger partial charge in [-0.2, -0.15) is 0 Å². The van der Waals surface area contributed by atoms with E-state index < -0.39 is 0 Å². The van der Waals surface area contributed by atoms with Crippen molar-refractivity contribution in [3.63, 3.8) is 0 Å². The number of hydrogen-bond donors (Lipinski definition) is 1. The number of anilines is 1. The molecule has 0 atom stereocenters. The first kappa shape index (κ1) is 20.8. The third-order valence-electron chi connectivity index (χ3n) is 5.54. The van der Waals surface area contributed by atoms with Gasteiger partial charge < -0.3 is 15.1 Å². The number of piperazine rings is 1. The van der Waals surface area contributed by atoms with E-state index in [-0.39, 0.29) is 11.8 Å². The summed E-state index contributed by atoms with van der Waals surface area (Å²) < 4.78 is 0. The number of nitrogens with one attached hydrogen (secondary N) is 1. The molecule has 2 heterocycles. The minimum Gasteiger partial charge on any atom is -0.368 e. The smallest absolute Gasteiger partial charge is 0.272 e. The van der Waals surface area contributed by atoms with Crippen LogP contribution in [0.25, 0.3) is 0 Å². The van der Waals surface area contributed by atoms with Gasteiger partial charge in [-0.05, 0) is 49.6 Å². The Morgan fingerprint density at radius 1 is 1.10 bits per heavy atom. The van der Waals surface area contributed by atoms with Gasteiger partial charge in [0.05, 0.1) is 0 Å². The number of aryl methyl sites for hydroxylation is 1. The predicted octanol–water partition coefficient (Wildman–Crippen LogP) is 3.19. The van der Waals surface area contributed by atoms with E-state index in [1.807, 2.05) is 4.90 Å². The number of benzene rings is 1. The van der Waals surface area contributed by atoms with Crippen LogP contribution < -0.4 is 10.2 Å². The summed E-state index contributed by atoms with van der Waals surface area (Å²) in [4.78, 5) is 33.5. The highest BCUT2D eigenvalue weighted by molar-refractivity contribution is 5.98. The number of unbranched alkanes of at least 4 members (excludes halogenated alkanes) is 1.